The van der Waals surface area contributed by atoms with Gasteiger partial charge >= 0.3 is 0 Å². The Morgan fingerprint density at radius 2 is 1.62 bits per heavy atom. The average molecular weight is 508 g/mol. The topological polar surface area (TPSA) is 86.8 Å². The first kappa shape index (κ1) is 27.7. The van der Waals surface area contributed by atoms with Crippen molar-refractivity contribution in [3.05, 3.63) is 64.2 Å². The van der Waals surface area contributed by atoms with Crippen LogP contribution in [0.3, 0.4) is 0 Å². The number of anilines is 1. The van der Waals surface area contributed by atoms with E-state index in [4.69, 9.17) is 11.6 Å². The highest BCUT2D eigenvalue weighted by molar-refractivity contribution is 7.92. The molecule has 0 heterocycles. The molecule has 0 saturated carbocycles. The summed E-state index contributed by atoms with van der Waals surface area (Å²) in [5.74, 6) is -0.572. The van der Waals surface area contributed by atoms with E-state index in [0.717, 1.165) is 21.7 Å². The van der Waals surface area contributed by atoms with Crippen molar-refractivity contribution in [2.45, 2.75) is 47.2 Å². The van der Waals surface area contributed by atoms with Crippen molar-refractivity contribution >= 4 is 39.1 Å². The molecule has 0 radical (unpaired) electrons. The molecule has 0 spiro atoms. The van der Waals surface area contributed by atoms with Crippen LogP contribution in [0.15, 0.2) is 42.5 Å². The van der Waals surface area contributed by atoms with Crippen LogP contribution < -0.4 is 9.62 Å². The van der Waals surface area contributed by atoms with E-state index in [-0.39, 0.29) is 18.4 Å². The van der Waals surface area contributed by atoms with Gasteiger partial charge in [0.2, 0.25) is 21.8 Å². The summed E-state index contributed by atoms with van der Waals surface area (Å²) in [4.78, 5) is 27.8. The van der Waals surface area contributed by atoms with Gasteiger partial charge in [-0.05, 0) is 61.6 Å². The van der Waals surface area contributed by atoms with Crippen LogP contribution in [0.1, 0.15) is 37.5 Å². The second-order valence-corrected chi connectivity index (χ2v) is 11.4. The van der Waals surface area contributed by atoms with Gasteiger partial charge in [0.15, 0.2) is 0 Å². The molecule has 2 amide bonds. The van der Waals surface area contributed by atoms with Crippen LogP contribution in [0, 0.1) is 19.8 Å². The van der Waals surface area contributed by atoms with Gasteiger partial charge in [-0.25, -0.2) is 8.42 Å². The molecule has 7 nitrogen and oxygen atoms in total. The Kier molecular flexibility index (Phi) is 9.53. The number of halogens is 1. The normalized spacial score (nSPS) is 12.4. The molecule has 0 bridgehead atoms. The Morgan fingerprint density at radius 3 is 2.15 bits per heavy atom. The molecule has 1 N–H and O–H groups in total. The molecule has 2 rings (SSSR count). The number of nitrogens with zero attached hydrogens (tertiary/aromatic N) is 2. The van der Waals surface area contributed by atoms with Gasteiger partial charge in [0.05, 0.1) is 11.9 Å². The lowest BCUT2D eigenvalue weighted by Crippen LogP contribution is -2.51. The molecule has 2 aromatic rings. The largest absolute Gasteiger partial charge is 0.354 e. The van der Waals surface area contributed by atoms with Gasteiger partial charge in [0.25, 0.3) is 0 Å². The summed E-state index contributed by atoms with van der Waals surface area (Å²) in [7, 11) is -3.77. The molecule has 0 unspecified atom stereocenters. The van der Waals surface area contributed by atoms with E-state index in [1.807, 2.05) is 33.8 Å². The molecule has 0 aromatic heterocycles. The predicted molar refractivity (Wildman–Crippen MR) is 137 cm³/mol. The molecule has 2 aromatic carbocycles. The maximum atomic E-state index is 13.5. The van der Waals surface area contributed by atoms with Gasteiger partial charge < -0.3 is 10.2 Å². The maximum Gasteiger partial charge on any atom is 0.244 e. The zero-order chi connectivity index (χ0) is 25.6. The highest BCUT2D eigenvalue weighted by Gasteiger charge is 2.30. The number of hydrogen-bond acceptors (Lipinski definition) is 4. The maximum absolute atomic E-state index is 13.5. The summed E-state index contributed by atoms with van der Waals surface area (Å²) in [6, 6.07) is 11.6. The number of carbonyl (C=O) groups is 2. The van der Waals surface area contributed by atoms with Gasteiger partial charge in [-0.1, -0.05) is 49.7 Å². The number of aryl methyl sites for hydroxylation is 2. The van der Waals surface area contributed by atoms with Crippen molar-refractivity contribution in [1.29, 1.82) is 0 Å². The Hall–Kier alpha value is -2.58. The lowest BCUT2D eigenvalue weighted by atomic mass is 10.1. The van der Waals surface area contributed by atoms with Crippen molar-refractivity contribution in [2.24, 2.45) is 5.92 Å². The molecule has 186 valence electrons. The molecule has 0 aliphatic carbocycles. The quantitative estimate of drug-likeness (QED) is 0.528. The lowest BCUT2D eigenvalue weighted by molar-refractivity contribution is -0.139. The Bertz CT molecular complexity index is 1110. The van der Waals surface area contributed by atoms with E-state index < -0.39 is 28.5 Å². The Morgan fingerprint density at radius 1 is 1.03 bits per heavy atom. The highest BCUT2D eigenvalue weighted by Crippen LogP contribution is 2.23. The van der Waals surface area contributed by atoms with E-state index in [0.29, 0.717) is 22.8 Å². The number of rotatable bonds is 10. The molecule has 0 aliphatic heterocycles. The van der Waals surface area contributed by atoms with Crippen molar-refractivity contribution in [2.75, 3.05) is 23.7 Å². The van der Waals surface area contributed by atoms with Crippen molar-refractivity contribution in [1.82, 2.24) is 10.2 Å². The monoisotopic (exact) mass is 507 g/mol. The first-order valence-corrected chi connectivity index (χ1v) is 13.4. The first-order chi connectivity index (χ1) is 15.8. The number of hydrogen-bond donors (Lipinski definition) is 1. The van der Waals surface area contributed by atoms with Crippen LogP contribution in [-0.4, -0.2) is 50.5 Å². The van der Waals surface area contributed by atoms with Crippen molar-refractivity contribution in [3.8, 4) is 0 Å². The minimum absolute atomic E-state index is 0.0687. The van der Waals surface area contributed by atoms with Gasteiger partial charge in [-0.3, -0.25) is 13.9 Å². The second kappa shape index (κ2) is 11.7. The van der Waals surface area contributed by atoms with E-state index in [1.165, 1.54) is 4.90 Å². The number of nitrogens with one attached hydrogen (secondary N) is 1. The van der Waals surface area contributed by atoms with Gasteiger partial charge in [0, 0.05) is 18.1 Å². The van der Waals surface area contributed by atoms with Crippen molar-refractivity contribution in [3.63, 3.8) is 0 Å². The Balaban J connectivity index is 2.41. The molecule has 0 saturated heterocycles. The lowest BCUT2D eigenvalue weighted by Gasteiger charge is -2.32. The fourth-order valence-electron chi connectivity index (χ4n) is 3.55. The van der Waals surface area contributed by atoms with Crippen molar-refractivity contribution < 1.29 is 18.0 Å². The van der Waals surface area contributed by atoms with Gasteiger partial charge in [-0.15, -0.1) is 0 Å². The Labute approximate surface area is 208 Å². The zero-order valence-corrected chi connectivity index (χ0v) is 22.2. The first-order valence-electron chi connectivity index (χ1n) is 11.2. The van der Waals surface area contributed by atoms with Crippen LogP contribution in [0.4, 0.5) is 5.69 Å². The van der Waals surface area contributed by atoms with Gasteiger partial charge in [-0.2, -0.15) is 0 Å². The number of carbonyl (C=O) groups excluding carboxylic acids is 2. The third kappa shape index (κ3) is 7.74. The standard InChI is InChI=1S/C25H34ClN3O4S/c1-17(2)14-27-25(31)20(5)28(15-21-9-7-8-10-23(21)26)24(30)16-29(34(6,32)33)22-12-18(3)11-19(4)13-22/h7-13,17,20H,14-16H2,1-6H3,(H,27,31)/t20-/m1/s1. The van der Waals surface area contributed by atoms with Gasteiger partial charge in [0.1, 0.15) is 12.6 Å². The van der Waals surface area contributed by atoms with Crippen LogP contribution in [0.25, 0.3) is 0 Å². The molecule has 34 heavy (non-hydrogen) atoms. The minimum Gasteiger partial charge on any atom is -0.354 e. The summed E-state index contributed by atoms with van der Waals surface area (Å²) < 4.78 is 26.4. The highest BCUT2D eigenvalue weighted by atomic mass is 35.5. The average Bonchev–Trinajstić information content (AvgIpc) is 2.73. The molecular formula is C25H34ClN3O4S. The molecule has 9 heteroatoms. The van der Waals surface area contributed by atoms with Crippen LogP contribution >= 0.6 is 11.6 Å². The third-order valence-corrected chi connectivity index (χ3v) is 6.83. The zero-order valence-electron chi connectivity index (χ0n) is 20.6. The molecule has 1 atom stereocenters. The molecular weight excluding hydrogens is 474 g/mol. The summed E-state index contributed by atoms with van der Waals surface area (Å²) in [6.07, 6.45) is 1.06. The molecule has 0 fully saturated rings. The SMILES string of the molecule is Cc1cc(C)cc(N(CC(=O)N(Cc2ccccc2Cl)[C@H](C)C(=O)NCC(C)C)S(C)(=O)=O)c1. The van der Waals surface area contributed by atoms with E-state index in [9.17, 15) is 18.0 Å². The minimum atomic E-state index is -3.77. The summed E-state index contributed by atoms with van der Waals surface area (Å²) in [5, 5.41) is 3.31. The smallest absolute Gasteiger partial charge is 0.244 e. The summed E-state index contributed by atoms with van der Waals surface area (Å²) >= 11 is 6.32. The number of benzene rings is 2. The van der Waals surface area contributed by atoms with E-state index in [1.54, 1.807) is 43.3 Å². The third-order valence-electron chi connectivity index (χ3n) is 5.32. The van der Waals surface area contributed by atoms with E-state index >= 15 is 0 Å². The summed E-state index contributed by atoms with van der Waals surface area (Å²) in [5.41, 5.74) is 2.83. The van der Waals surface area contributed by atoms with Crippen LogP contribution in [0.5, 0.6) is 0 Å². The molecule has 0 aliphatic rings. The fraction of sp³-hybridized carbons (Fsp3) is 0.440. The number of sulfonamides is 1. The second-order valence-electron chi connectivity index (χ2n) is 9.04. The van der Waals surface area contributed by atoms with Crippen LogP contribution in [0.2, 0.25) is 5.02 Å². The van der Waals surface area contributed by atoms with E-state index in [2.05, 4.69) is 5.32 Å². The predicted octanol–water partition coefficient (Wildman–Crippen LogP) is 3.91. The fourth-order valence-corrected chi connectivity index (χ4v) is 4.58. The van der Waals surface area contributed by atoms with Crippen LogP contribution in [-0.2, 0) is 26.2 Å². The summed E-state index contributed by atoms with van der Waals surface area (Å²) in [6.45, 7) is 9.42. The number of amides is 2.